The summed E-state index contributed by atoms with van der Waals surface area (Å²) < 4.78 is 24.4. The number of thiophene rings is 1. The summed E-state index contributed by atoms with van der Waals surface area (Å²) in [4.78, 5) is 9.82. The van der Waals surface area contributed by atoms with Gasteiger partial charge in [-0.1, -0.05) is 18.2 Å². The van der Waals surface area contributed by atoms with Gasteiger partial charge in [-0.05, 0) is 49.3 Å². The third-order valence-electron chi connectivity index (χ3n) is 3.73. The molecule has 1 aromatic carbocycles. The van der Waals surface area contributed by atoms with Gasteiger partial charge < -0.3 is 5.73 Å². The molecular weight excluding hydrogens is 366 g/mol. The molecule has 132 valence electrons. The van der Waals surface area contributed by atoms with E-state index in [4.69, 9.17) is 5.73 Å². The predicted molar refractivity (Wildman–Crippen MR) is 105 cm³/mol. The fourth-order valence-corrected chi connectivity index (χ4v) is 3.82. The monoisotopic (exact) mass is 383 g/mol. The molecule has 0 fully saturated rings. The zero-order chi connectivity index (χ0) is 18.7. The minimum absolute atomic E-state index is 0.261. The molecule has 0 radical (unpaired) electrons. The summed E-state index contributed by atoms with van der Waals surface area (Å²) in [5.41, 5.74) is 7.60. The number of sulfone groups is 1. The SMILES string of the molecule is CC(C)S(=O)(=O)c1ccc(-c2cnc(N)c(C#Cc3cccs3)n2)cc1. The van der Waals surface area contributed by atoms with Crippen LogP contribution in [-0.4, -0.2) is 23.6 Å². The lowest BCUT2D eigenvalue weighted by Gasteiger charge is -2.08. The van der Waals surface area contributed by atoms with Gasteiger partial charge in [0.2, 0.25) is 0 Å². The first-order valence-electron chi connectivity index (χ1n) is 7.90. The van der Waals surface area contributed by atoms with Crippen LogP contribution < -0.4 is 5.73 Å². The minimum Gasteiger partial charge on any atom is -0.381 e. The normalized spacial score (nSPS) is 11.2. The van der Waals surface area contributed by atoms with Crippen molar-refractivity contribution in [2.75, 3.05) is 5.73 Å². The molecule has 0 bridgehead atoms. The molecule has 0 saturated carbocycles. The molecule has 0 aliphatic heterocycles. The predicted octanol–water partition coefficient (Wildman–Crippen LogP) is 3.37. The van der Waals surface area contributed by atoms with Crippen LogP contribution in [0, 0.1) is 11.8 Å². The lowest BCUT2D eigenvalue weighted by atomic mass is 10.1. The molecule has 5 nitrogen and oxygen atoms in total. The fourth-order valence-electron chi connectivity index (χ4n) is 2.19. The standard InChI is InChI=1S/C19H17N3O2S2/c1-13(2)26(23,24)16-8-5-14(6-9-16)18-12-21-19(20)17(22-18)10-7-15-4-3-11-25-15/h3-6,8-9,11-13H,1-2H3,(H2,20,21). The van der Waals surface area contributed by atoms with E-state index in [-0.39, 0.29) is 10.7 Å². The molecule has 2 aromatic heterocycles. The largest absolute Gasteiger partial charge is 0.381 e. The molecule has 26 heavy (non-hydrogen) atoms. The van der Waals surface area contributed by atoms with E-state index in [2.05, 4.69) is 21.8 Å². The van der Waals surface area contributed by atoms with Crippen LogP contribution in [0.3, 0.4) is 0 Å². The number of anilines is 1. The zero-order valence-electron chi connectivity index (χ0n) is 14.3. The average molecular weight is 383 g/mol. The second-order valence-electron chi connectivity index (χ2n) is 5.83. The summed E-state index contributed by atoms with van der Waals surface area (Å²) >= 11 is 1.54. The molecule has 0 unspecified atom stereocenters. The lowest BCUT2D eigenvalue weighted by Crippen LogP contribution is -2.13. The Morgan fingerprint density at radius 2 is 1.85 bits per heavy atom. The van der Waals surface area contributed by atoms with Gasteiger partial charge in [0.15, 0.2) is 21.3 Å². The summed E-state index contributed by atoms with van der Waals surface area (Å²) in [6.45, 7) is 3.32. The smallest absolute Gasteiger partial charge is 0.180 e. The average Bonchev–Trinajstić information content (AvgIpc) is 3.14. The number of hydrogen-bond donors (Lipinski definition) is 1. The number of hydrogen-bond acceptors (Lipinski definition) is 6. The maximum atomic E-state index is 12.2. The van der Waals surface area contributed by atoms with Gasteiger partial charge in [-0.25, -0.2) is 18.4 Å². The molecule has 0 saturated heterocycles. The number of benzene rings is 1. The van der Waals surface area contributed by atoms with E-state index in [1.165, 1.54) is 11.3 Å². The molecule has 0 atom stereocenters. The van der Waals surface area contributed by atoms with Gasteiger partial charge in [-0.3, -0.25) is 0 Å². The summed E-state index contributed by atoms with van der Waals surface area (Å²) in [5.74, 6) is 6.21. The van der Waals surface area contributed by atoms with E-state index in [9.17, 15) is 8.42 Å². The zero-order valence-corrected chi connectivity index (χ0v) is 15.9. The van der Waals surface area contributed by atoms with Crippen molar-refractivity contribution < 1.29 is 8.42 Å². The molecule has 3 rings (SSSR count). The van der Waals surface area contributed by atoms with Gasteiger partial charge in [-0.2, -0.15) is 0 Å². The van der Waals surface area contributed by atoms with E-state index in [0.29, 0.717) is 11.4 Å². The fraction of sp³-hybridized carbons (Fsp3) is 0.158. The summed E-state index contributed by atoms with van der Waals surface area (Å²) in [7, 11) is -3.30. The van der Waals surface area contributed by atoms with E-state index < -0.39 is 15.1 Å². The first-order valence-corrected chi connectivity index (χ1v) is 10.3. The van der Waals surface area contributed by atoms with Crippen LogP contribution in [0.4, 0.5) is 5.82 Å². The summed E-state index contributed by atoms with van der Waals surface area (Å²) in [6.07, 6.45) is 1.55. The Morgan fingerprint density at radius 3 is 2.46 bits per heavy atom. The Morgan fingerprint density at radius 1 is 1.12 bits per heavy atom. The highest BCUT2D eigenvalue weighted by molar-refractivity contribution is 7.92. The van der Waals surface area contributed by atoms with Crippen LogP contribution >= 0.6 is 11.3 Å². The van der Waals surface area contributed by atoms with E-state index in [1.54, 1.807) is 44.3 Å². The van der Waals surface area contributed by atoms with Crippen molar-refractivity contribution in [2.45, 2.75) is 24.0 Å². The van der Waals surface area contributed by atoms with E-state index in [1.807, 2.05) is 17.5 Å². The molecule has 0 amide bonds. The Labute approximate surface area is 156 Å². The second kappa shape index (κ2) is 7.28. The lowest BCUT2D eigenvalue weighted by molar-refractivity contribution is 0.587. The molecule has 0 aliphatic carbocycles. The summed E-state index contributed by atoms with van der Waals surface area (Å²) in [5, 5.41) is 1.48. The number of nitrogens with zero attached hydrogens (tertiary/aromatic N) is 2. The number of aromatic nitrogens is 2. The maximum Gasteiger partial charge on any atom is 0.180 e. The first-order chi connectivity index (χ1) is 12.4. The molecule has 7 heteroatoms. The molecule has 0 spiro atoms. The van der Waals surface area contributed by atoms with Crippen molar-refractivity contribution in [1.29, 1.82) is 0 Å². The molecule has 3 aromatic rings. The van der Waals surface area contributed by atoms with Crippen molar-refractivity contribution in [3.05, 3.63) is 58.5 Å². The van der Waals surface area contributed by atoms with Crippen molar-refractivity contribution in [3.8, 4) is 23.1 Å². The van der Waals surface area contributed by atoms with Gasteiger partial charge in [0.25, 0.3) is 0 Å². The number of nitrogens with two attached hydrogens (primary N) is 1. The van der Waals surface area contributed by atoms with E-state index in [0.717, 1.165) is 10.4 Å². The highest BCUT2D eigenvalue weighted by Crippen LogP contribution is 2.22. The van der Waals surface area contributed by atoms with Gasteiger partial charge in [0.05, 0.1) is 26.9 Å². The van der Waals surface area contributed by atoms with Crippen molar-refractivity contribution in [2.24, 2.45) is 0 Å². The quantitative estimate of drug-likeness (QED) is 0.701. The topological polar surface area (TPSA) is 85.9 Å². The second-order valence-corrected chi connectivity index (χ2v) is 9.29. The number of nitrogen functional groups attached to an aromatic ring is 1. The minimum atomic E-state index is -3.30. The molecule has 2 N–H and O–H groups in total. The first kappa shape index (κ1) is 18.1. The van der Waals surface area contributed by atoms with Crippen LogP contribution in [-0.2, 0) is 9.84 Å². The van der Waals surface area contributed by atoms with Gasteiger partial charge in [0, 0.05) is 5.56 Å². The van der Waals surface area contributed by atoms with E-state index >= 15 is 0 Å². The third kappa shape index (κ3) is 3.77. The Bertz CT molecular complexity index is 1080. The van der Waals surface area contributed by atoms with Crippen molar-refractivity contribution in [3.63, 3.8) is 0 Å². The molecular formula is C19H17N3O2S2. The number of rotatable bonds is 3. The van der Waals surface area contributed by atoms with Gasteiger partial charge in [-0.15, -0.1) is 11.3 Å². The summed E-state index contributed by atoms with van der Waals surface area (Å²) in [6, 6.07) is 10.4. The Kier molecular flexibility index (Phi) is 5.07. The van der Waals surface area contributed by atoms with Gasteiger partial charge in [0.1, 0.15) is 0 Å². The van der Waals surface area contributed by atoms with Crippen LogP contribution in [0.5, 0.6) is 0 Å². The van der Waals surface area contributed by atoms with Crippen LogP contribution in [0.1, 0.15) is 24.4 Å². The van der Waals surface area contributed by atoms with Crippen LogP contribution in [0.25, 0.3) is 11.3 Å². The Hall–Kier alpha value is -2.69. The molecule has 2 heterocycles. The highest BCUT2D eigenvalue weighted by atomic mass is 32.2. The van der Waals surface area contributed by atoms with Crippen molar-refractivity contribution in [1.82, 2.24) is 9.97 Å². The third-order valence-corrected chi connectivity index (χ3v) is 6.68. The Balaban J connectivity index is 1.94. The van der Waals surface area contributed by atoms with Crippen molar-refractivity contribution >= 4 is 27.0 Å². The highest BCUT2D eigenvalue weighted by Gasteiger charge is 2.19. The van der Waals surface area contributed by atoms with Crippen LogP contribution in [0.2, 0.25) is 0 Å². The molecule has 0 aliphatic rings. The van der Waals surface area contributed by atoms with Gasteiger partial charge >= 0.3 is 0 Å². The van der Waals surface area contributed by atoms with Crippen LogP contribution in [0.15, 0.2) is 52.9 Å². The maximum absolute atomic E-state index is 12.2.